The van der Waals surface area contributed by atoms with Crippen molar-refractivity contribution in [2.45, 2.75) is 20.3 Å². The summed E-state index contributed by atoms with van der Waals surface area (Å²) in [5.41, 5.74) is 7.71. The Morgan fingerprint density at radius 3 is 2.67 bits per heavy atom. The molecule has 0 atom stereocenters. The minimum Gasteiger partial charge on any atom is -0.398 e. The summed E-state index contributed by atoms with van der Waals surface area (Å²) in [6.07, 6.45) is -0.0373. The number of nitrogens with two attached hydrogens (primary N) is 1. The molecule has 0 radical (unpaired) electrons. The van der Waals surface area contributed by atoms with Gasteiger partial charge in [0, 0.05) is 23.5 Å². The van der Waals surface area contributed by atoms with E-state index < -0.39 is 9.84 Å². The summed E-state index contributed by atoms with van der Waals surface area (Å²) in [6, 6.07) is 5.21. The Labute approximate surface area is 107 Å². The van der Waals surface area contributed by atoms with Gasteiger partial charge in [0.1, 0.15) is 0 Å². The fourth-order valence-electron chi connectivity index (χ4n) is 1.39. The van der Waals surface area contributed by atoms with Crippen LogP contribution in [-0.4, -0.2) is 25.8 Å². The zero-order valence-electron chi connectivity index (χ0n) is 10.6. The number of rotatable bonds is 5. The Kier molecular flexibility index (Phi) is 4.72. The van der Waals surface area contributed by atoms with Crippen LogP contribution in [-0.2, 0) is 14.6 Å². The molecular formula is C12H18N2O3S. The van der Waals surface area contributed by atoms with E-state index in [1.807, 2.05) is 0 Å². The average Bonchev–Trinajstić information content (AvgIpc) is 2.33. The van der Waals surface area contributed by atoms with E-state index in [1.165, 1.54) is 0 Å². The summed E-state index contributed by atoms with van der Waals surface area (Å²) >= 11 is 0. The molecule has 0 aromatic heterocycles. The molecule has 6 heteroatoms. The van der Waals surface area contributed by atoms with Gasteiger partial charge in [-0.05, 0) is 24.6 Å². The summed E-state index contributed by atoms with van der Waals surface area (Å²) in [5, 5.41) is 2.66. The van der Waals surface area contributed by atoms with Crippen LogP contribution in [0.4, 0.5) is 11.4 Å². The Hall–Kier alpha value is -1.56. The van der Waals surface area contributed by atoms with Crippen LogP contribution in [0.15, 0.2) is 18.2 Å². The van der Waals surface area contributed by atoms with Gasteiger partial charge in [-0.3, -0.25) is 4.79 Å². The van der Waals surface area contributed by atoms with Crippen molar-refractivity contribution in [2.24, 2.45) is 0 Å². The lowest BCUT2D eigenvalue weighted by molar-refractivity contribution is -0.115. The van der Waals surface area contributed by atoms with Gasteiger partial charge in [-0.25, -0.2) is 8.42 Å². The fourth-order valence-corrected chi connectivity index (χ4v) is 2.18. The number of carbonyl (C=O) groups excluding carboxylic acids is 1. The molecule has 0 heterocycles. The quantitative estimate of drug-likeness (QED) is 0.790. The van der Waals surface area contributed by atoms with Gasteiger partial charge in [-0.1, -0.05) is 13.0 Å². The predicted molar refractivity (Wildman–Crippen MR) is 73.2 cm³/mol. The van der Waals surface area contributed by atoms with E-state index >= 15 is 0 Å². The van der Waals surface area contributed by atoms with Crippen molar-refractivity contribution in [2.75, 3.05) is 22.6 Å². The van der Waals surface area contributed by atoms with Gasteiger partial charge in [0.05, 0.1) is 5.75 Å². The van der Waals surface area contributed by atoms with Gasteiger partial charge in [0.15, 0.2) is 9.84 Å². The Morgan fingerprint density at radius 1 is 1.39 bits per heavy atom. The van der Waals surface area contributed by atoms with E-state index in [0.29, 0.717) is 11.4 Å². The van der Waals surface area contributed by atoms with Crippen LogP contribution in [0.1, 0.15) is 18.9 Å². The number of nitrogens with one attached hydrogen (secondary N) is 1. The van der Waals surface area contributed by atoms with E-state index in [1.54, 1.807) is 32.0 Å². The van der Waals surface area contributed by atoms with Crippen molar-refractivity contribution >= 4 is 27.1 Å². The van der Waals surface area contributed by atoms with Gasteiger partial charge in [0.25, 0.3) is 0 Å². The second kappa shape index (κ2) is 5.86. The highest BCUT2D eigenvalue weighted by molar-refractivity contribution is 7.91. The molecule has 0 spiro atoms. The first-order chi connectivity index (χ1) is 8.35. The Balaban J connectivity index is 2.63. The lowest BCUT2D eigenvalue weighted by atomic mass is 10.1. The van der Waals surface area contributed by atoms with E-state index in [2.05, 4.69) is 5.32 Å². The lowest BCUT2D eigenvalue weighted by Crippen LogP contribution is -2.18. The lowest BCUT2D eigenvalue weighted by Gasteiger charge is -2.10. The van der Waals surface area contributed by atoms with Crippen molar-refractivity contribution in [1.82, 2.24) is 0 Å². The van der Waals surface area contributed by atoms with E-state index in [-0.39, 0.29) is 23.8 Å². The fraction of sp³-hybridized carbons (Fsp3) is 0.417. The molecule has 5 nitrogen and oxygen atoms in total. The smallest absolute Gasteiger partial charge is 0.225 e. The molecule has 3 N–H and O–H groups in total. The van der Waals surface area contributed by atoms with Crippen molar-refractivity contribution < 1.29 is 13.2 Å². The Morgan fingerprint density at radius 2 is 2.06 bits per heavy atom. The largest absolute Gasteiger partial charge is 0.398 e. The molecule has 0 aliphatic heterocycles. The maximum Gasteiger partial charge on any atom is 0.225 e. The van der Waals surface area contributed by atoms with Crippen LogP contribution < -0.4 is 11.1 Å². The molecule has 0 unspecified atom stereocenters. The number of hydrogen-bond donors (Lipinski definition) is 2. The van der Waals surface area contributed by atoms with Gasteiger partial charge >= 0.3 is 0 Å². The maximum atomic E-state index is 11.6. The molecule has 0 aliphatic rings. The van der Waals surface area contributed by atoms with Gasteiger partial charge < -0.3 is 11.1 Å². The summed E-state index contributed by atoms with van der Waals surface area (Å²) in [7, 11) is -3.11. The number of amides is 1. The molecular weight excluding hydrogens is 252 g/mol. The predicted octanol–water partition coefficient (Wildman–Crippen LogP) is 1.34. The zero-order valence-corrected chi connectivity index (χ0v) is 11.4. The third-order valence-electron chi connectivity index (χ3n) is 2.73. The molecule has 0 aliphatic carbocycles. The molecule has 100 valence electrons. The molecule has 0 fully saturated rings. The first kappa shape index (κ1) is 14.5. The third-order valence-corrected chi connectivity index (χ3v) is 4.44. The van der Waals surface area contributed by atoms with Gasteiger partial charge in [0.2, 0.25) is 5.91 Å². The van der Waals surface area contributed by atoms with Crippen molar-refractivity contribution in [3.05, 3.63) is 23.8 Å². The molecule has 18 heavy (non-hydrogen) atoms. The number of hydrogen-bond acceptors (Lipinski definition) is 4. The number of benzene rings is 1. The van der Waals surface area contributed by atoms with Crippen LogP contribution in [0, 0.1) is 6.92 Å². The zero-order chi connectivity index (χ0) is 13.8. The van der Waals surface area contributed by atoms with Gasteiger partial charge in [-0.2, -0.15) is 0 Å². The molecule has 0 saturated heterocycles. The Bertz CT molecular complexity index is 538. The summed E-state index contributed by atoms with van der Waals surface area (Å²) in [4.78, 5) is 11.6. The molecule has 1 aromatic rings. The molecule has 1 amide bonds. The van der Waals surface area contributed by atoms with Crippen LogP contribution in [0.3, 0.4) is 0 Å². The van der Waals surface area contributed by atoms with Crippen LogP contribution in [0.25, 0.3) is 0 Å². The highest BCUT2D eigenvalue weighted by atomic mass is 32.2. The highest BCUT2D eigenvalue weighted by Gasteiger charge is 2.12. The van der Waals surface area contributed by atoms with Gasteiger partial charge in [-0.15, -0.1) is 0 Å². The molecule has 0 saturated carbocycles. The minimum absolute atomic E-state index is 0.0373. The second-order valence-electron chi connectivity index (χ2n) is 4.05. The van der Waals surface area contributed by atoms with E-state index in [9.17, 15) is 13.2 Å². The first-order valence-corrected chi connectivity index (χ1v) is 7.53. The number of anilines is 2. The first-order valence-electron chi connectivity index (χ1n) is 5.71. The molecule has 1 rings (SSSR count). The topological polar surface area (TPSA) is 89.3 Å². The van der Waals surface area contributed by atoms with Crippen LogP contribution in [0.5, 0.6) is 0 Å². The normalized spacial score (nSPS) is 11.2. The number of sulfone groups is 1. The number of carbonyl (C=O) groups is 1. The monoisotopic (exact) mass is 270 g/mol. The molecule has 1 aromatic carbocycles. The van der Waals surface area contributed by atoms with E-state index in [4.69, 9.17) is 5.73 Å². The minimum atomic E-state index is -3.11. The number of nitrogen functional groups attached to an aromatic ring is 1. The summed E-state index contributed by atoms with van der Waals surface area (Å²) in [6.45, 7) is 3.36. The van der Waals surface area contributed by atoms with Crippen molar-refractivity contribution in [3.63, 3.8) is 0 Å². The van der Waals surface area contributed by atoms with Crippen molar-refractivity contribution in [1.29, 1.82) is 0 Å². The summed E-state index contributed by atoms with van der Waals surface area (Å²) in [5.74, 6) is -0.394. The third kappa shape index (κ3) is 4.03. The standard InChI is InChI=1S/C12H18N2O3S/c1-3-18(16,17)8-7-12(15)14-11-6-4-5-10(13)9(11)2/h4-6H,3,7-8,13H2,1-2H3,(H,14,15). The second-order valence-corrected chi connectivity index (χ2v) is 6.53. The maximum absolute atomic E-state index is 11.6. The van der Waals surface area contributed by atoms with Crippen LogP contribution >= 0.6 is 0 Å². The highest BCUT2D eigenvalue weighted by Crippen LogP contribution is 2.20. The van der Waals surface area contributed by atoms with Crippen LogP contribution in [0.2, 0.25) is 0 Å². The molecule has 0 bridgehead atoms. The SMILES string of the molecule is CCS(=O)(=O)CCC(=O)Nc1cccc(N)c1C. The van der Waals surface area contributed by atoms with Crippen molar-refractivity contribution in [3.8, 4) is 0 Å². The summed E-state index contributed by atoms with van der Waals surface area (Å²) < 4.78 is 22.6. The average molecular weight is 270 g/mol. The van der Waals surface area contributed by atoms with E-state index in [0.717, 1.165) is 5.56 Å².